The van der Waals surface area contributed by atoms with Crippen LogP contribution in [0.1, 0.15) is 39.8 Å². The first-order valence-electron chi connectivity index (χ1n) is 8.75. The van der Waals surface area contributed by atoms with Gasteiger partial charge in [-0.3, -0.25) is 9.59 Å². The average Bonchev–Trinajstić information content (AvgIpc) is 3.18. The molecule has 2 amide bonds. The van der Waals surface area contributed by atoms with Gasteiger partial charge in [0.05, 0.1) is 6.04 Å². The van der Waals surface area contributed by atoms with E-state index in [1.807, 2.05) is 37.3 Å². The summed E-state index contributed by atoms with van der Waals surface area (Å²) in [6.45, 7) is 1.93. The van der Waals surface area contributed by atoms with Gasteiger partial charge in [-0.2, -0.15) is 0 Å². The molecule has 0 aliphatic rings. The van der Waals surface area contributed by atoms with E-state index >= 15 is 0 Å². The predicted octanol–water partition coefficient (Wildman–Crippen LogP) is 3.74. The molecule has 8 heteroatoms. The third-order valence-electron chi connectivity index (χ3n) is 4.01. The van der Waals surface area contributed by atoms with Crippen molar-refractivity contribution in [3.63, 3.8) is 0 Å². The molecule has 6 nitrogen and oxygen atoms in total. The number of halogens is 1. The van der Waals surface area contributed by atoms with Gasteiger partial charge in [-0.15, -0.1) is 10.2 Å². The minimum Gasteiger partial charge on any atom is -0.350 e. The van der Waals surface area contributed by atoms with Gasteiger partial charge in [0.25, 0.3) is 5.91 Å². The average molecular weight is 398 g/mol. The molecule has 28 heavy (non-hydrogen) atoms. The molecule has 0 bridgehead atoms. The van der Waals surface area contributed by atoms with Crippen LogP contribution in [0.25, 0.3) is 0 Å². The Balaban J connectivity index is 1.49. The number of nitrogens with one attached hydrogen (secondary N) is 2. The molecule has 1 aromatic heterocycles. The smallest absolute Gasteiger partial charge is 0.286 e. The van der Waals surface area contributed by atoms with E-state index in [1.165, 1.54) is 24.3 Å². The van der Waals surface area contributed by atoms with Crippen molar-refractivity contribution in [3.8, 4) is 0 Å². The number of carbonyl (C=O) groups is 2. The first-order chi connectivity index (χ1) is 13.5. The molecule has 2 aromatic carbocycles. The summed E-state index contributed by atoms with van der Waals surface area (Å²) in [6.07, 6.45) is 0.653. The Hall–Kier alpha value is -3.13. The molecule has 0 unspecified atom stereocenters. The fraction of sp³-hybridized carbons (Fsp3) is 0.200. The van der Waals surface area contributed by atoms with Gasteiger partial charge in [-0.1, -0.05) is 41.7 Å². The van der Waals surface area contributed by atoms with E-state index in [0.29, 0.717) is 17.1 Å². The van der Waals surface area contributed by atoms with Crippen molar-refractivity contribution in [1.29, 1.82) is 0 Å². The van der Waals surface area contributed by atoms with Gasteiger partial charge in [-0.25, -0.2) is 4.39 Å². The minimum absolute atomic E-state index is 0.0832. The highest BCUT2D eigenvalue weighted by Gasteiger charge is 2.15. The molecule has 2 N–H and O–H groups in total. The lowest BCUT2D eigenvalue weighted by molar-refractivity contribution is -0.121. The number of benzene rings is 2. The van der Waals surface area contributed by atoms with Crippen LogP contribution >= 0.6 is 11.3 Å². The molecule has 0 spiro atoms. The van der Waals surface area contributed by atoms with Gasteiger partial charge in [0, 0.05) is 18.5 Å². The highest BCUT2D eigenvalue weighted by molar-refractivity contribution is 7.13. The fourth-order valence-corrected chi connectivity index (χ4v) is 3.26. The molecule has 3 rings (SSSR count). The van der Waals surface area contributed by atoms with E-state index in [4.69, 9.17) is 0 Å². The molecule has 0 fully saturated rings. The van der Waals surface area contributed by atoms with E-state index < -0.39 is 5.91 Å². The summed E-state index contributed by atoms with van der Waals surface area (Å²) < 4.78 is 12.9. The van der Waals surface area contributed by atoms with Crippen molar-refractivity contribution in [1.82, 2.24) is 15.5 Å². The van der Waals surface area contributed by atoms with E-state index in [2.05, 4.69) is 20.8 Å². The summed E-state index contributed by atoms with van der Waals surface area (Å²) in [5.74, 6) is -0.891. The van der Waals surface area contributed by atoms with Crippen LogP contribution in [0.3, 0.4) is 0 Å². The first kappa shape index (κ1) is 19.6. The number of hydrogen-bond acceptors (Lipinski definition) is 5. The van der Waals surface area contributed by atoms with E-state index in [1.54, 1.807) is 0 Å². The van der Waals surface area contributed by atoms with Crippen LogP contribution in [0.5, 0.6) is 0 Å². The fourth-order valence-electron chi connectivity index (χ4n) is 2.52. The summed E-state index contributed by atoms with van der Waals surface area (Å²) in [6, 6.07) is 15.1. The Kier molecular flexibility index (Phi) is 6.44. The highest BCUT2D eigenvalue weighted by Crippen LogP contribution is 2.16. The molecule has 0 saturated carbocycles. The molecule has 0 radical (unpaired) electrons. The number of aryl methyl sites for hydroxylation is 1. The monoisotopic (exact) mass is 398 g/mol. The molecule has 0 aliphatic carbocycles. The summed E-state index contributed by atoms with van der Waals surface area (Å²) >= 11 is 1.13. The summed E-state index contributed by atoms with van der Waals surface area (Å²) in [4.78, 5) is 24.3. The van der Waals surface area contributed by atoms with Crippen LogP contribution in [0, 0.1) is 5.82 Å². The van der Waals surface area contributed by atoms with Crippen molar-refractivity contribution in [2.45, 2.75) is 25.8 Å². The Morgan fingerprint density at radius 1 is 1.07 bits per heavy atom. The van der Waals surface area contributed by atoms with E-state index in [9.17, 15) is 14.0 Å². The summed E-state index contributed by atoms with van der Waals surface area (Å²) in [5, 5.41) is 14.2. The topological polar surface area (TPSA) is 84.0 Å². The maximum Gasteiger partial charge on any atom is 0.286 e. The van der Waals surface area contributed by atoms with Gasteiger partial charge in [0.15, 0.2) is 0 Å². The maximum atomic E-state index is 12.9. The van der Waals surface area contributed by atoms with Crippen molar-refractivity contribution >= 4 is 28.8 Å². The third-order valence-corrected chi connectivity index (χ3v) is 4.99. The van der Waals surface area contributed by atoms with Gasteiger partial charge in [0.2, 0.25) is 10.9 Å². The summed E-state index contributed by atoms with van der Waals surface area (Å²) in [7, 11) is 0. The Morgan fingerprint density at radius 2 is 1.79 bits per heavy atom. The second-order valence-electron chi connectivity index (χ2n) is 6.16. The molecular weight excluding hydrogens is 379 g/mol. The van der Waals surface area contributed by atoms with E-state index in [-0.39, 0.29) is 29.2 Å². The zero-order chi connectivity index (χ0) is 19.9. The van der Waals surface area contributed by atoms with Crippen LogP contribution in [0.4, 0.5) is 10.1 Å². The quantitative estimate of drug-likeness (QED) is 0.635. The lowest BCUT2D eigenvalue weighted by Crippen LogP contribution is -2.26. The Bertz CT molecular complexity index is 944. The molecule has 3 aromatic rings. The number of carbonyl (C=O) groups excluding carboxylic acids is 2. The number of hydrogen-bond donors (Lipinski definition) is 2. The van der Waals surface area contributed by atoms with Crippen LogP contribution in [-0.2, 0) is 11.2 Å². The van der Waals surface area contributed by atoms with Crippen molar-refractivity contribution in [2.75, 3.05) is 5.32 Å². The molecular formula is C20H19FN4O2S. The van der Waals surface area contributed by atoms with Gasteiger partial charge in [0.1, 0.15) is 10.8 Å². The van der Waals surface area contributed by atoms with Gasteiger partial charge in [-0.05, 0) is 36.8 Å². The third kappa shape index (κ3) is 5.43. The van der Waals surface area contributed by atoms with Crippen LogP contribution in [0.2, 0.25) is 0 Å². The van der Waals surface area contributed by atoms with Crippen LogP contribution in [0.15, 0.2) is 54.6 Å². The highest BCUT2D eigenvalue weighted by atomic mass is 32.1. The first-order valence-corrected chi connectivity index (χ1v) is 9.56. The molecule has 1 atom stereocenters. The van der Waals surface area contributed by atoms with Crippen molar-refractivity contribution in [2.24, 2.45) is 0 Å². The normalized spacial score (nSPS) is 11.6. The lowest BCUT2D eigenvalue weighted by Gasteiger charge is -2.13. The second-order valence-corrected chi connectivity index (χ2v) is 7.22. The maximum absolute atomic E-state index is 12.9. The number of anilines is 1. The van der Waals surface area contributed by atoms with Crippen molar-refractivity contribution < 1.29 is 14.0 Å². The Labute approximate surface area is 165 Å². The number of amides is 2. The second kappa shape index (κ2) is 9.18. The molecule has 1 heterocycles. The van der Waals surface area contributed by atoms with Crippen LogP contribution < -0.4 is 10.6 Å². The largest absolute Gasteiger partial charge is 0.350 e. The molecule has 0 saturated heterocycles. The standard InChI is InChI=1S/C20H19FN4O2S/c1-13(14-5-3-2-4-6-14)22-17(26)11-12-18-24-25-20(28-18)19(27)23-16-9-7-15(21)8-10-16/h2-10,13H,11-12H2,1H3,(H,22,26)(H,23,27)/t13-/m1/s1. The van der Waals surface area contributed by atoms with Crippen LogP contribution in [-0.4, -0.2) is 22.0 Å². The SMILES string of the molecule is C[C@@H](NC(=O)CCc1nnc(C(=O)Nc2ccc(F)cc2)s1)c1ccccc1. The number of rotatable bonds is 7. The number of nitrogens with zero attached hydrogens (tertiary/aromatic N) is 2. The van der Waals surface area contributed by atoms with Gasteiger partial charge < -0.3 is 10.6 Å². The molecule has 144 valence electrons. The number of aromatic nitrogens is 2. The predicted molar refractivity (Wildman–Crippen MR) is 106 cm³/mol. The lowest BCUT2D eigenvalue weighted by atomic mass is 10.1. The summed E-state index contributed by atoms with van der Waals surface area (Å²) in [5.41, 5.74) is 1.50. The Morgan fingerprint density at radius 3 is 2.50 bits per heavy atom. The zero-order valence-electron chi connectivity index (χ0n) is 15.2. The molecule has 0 aliphatic heterocycles. The van der Waals surface area contributed by atoms with Gasteiger partial charge >= 0.3 is 0 Å². The van der Waals surface area contributed by atoms with Crippen molar-refractivity contribution in [3.05, 3.63) is 76.0 Å². The minimum atomic E-state index is -0.419. The van der Waals surface area contributed by atoms with E-state index in [0.717, 1.165) is 16.9 Å². The zero-order valence-corrected chi connectivity index (χ0v) is 16.0.